The SMILES string of the molecule is CC(C)CCSCCCCC(C)(C)C(=N)N. The molecule has 0 spiro atoms. The molecule has 16 heavy (non-hydrogen) atoms. The Labute approximate surface area is 105 Å². The predicted molar refractivity (Wildman–Crippen MR) is 76.3 cm³/mol. The van der Waals surface area contributed by atoms with Crippen molar-refractivity contribution in [3.8, 4) is 0 Å². The van der Waals surface area contributed by atoms with Crippen molar-refractivity contribution in [2.75, 3.05) is 11.5 Å². The van der Waals surface area contributed by atoms with Crippen LogP contribution in [0.3, 0.4) is 0 Å². The van der Waals surface area contributed by atoms with E-state index in [1.54, 1.807) is 0 Å². The summed E-state index contributed by atoms with van der Waals surface area (Å²) in [6, 6.07) is 0. The zero-order valence-electron chi connectivity index (χ0n) is 11.3. The molecule has 0 aliphatic heterocycles. The van der Waals surface area contributed by atoms with Crippen LogP contribution in [0.1, 0.15) is 53.4 Å². The molecule has 0 bridgehead atoms. The van der Waals surface area contributed by atoms with Crippen LogP contribution in [-0.2, 0) is 0 Å². The summed E-state index contributed by atoms with van der Waals surface area (Å²) in [5.41, 5.74) is 5.44. The van der Waals surface area contributed by atoms with E-state index in [9.17, 15) is 0 Å². The minimum atomic E-state index is -0.109. The number of thioether (sulfide) groups is 1. The van der Waals surface area contributed by atoms with Crippen LogP contribution in [-0.4, -0.2) is 17.3 Å². The van der Waals surface area contributed by atoms with Crippen LogP contribution in [0.5, 0.6) is 0 Å². The fourth-order valence-corrected chi connectivity index (χ4v) is 2.58. The molecule has 0 heterocycles. The third kappa shape index (κ3) is 8.03. The first kappa shape index (κ1) is 15.8. The zero-order valence-corrected chi connectivity index (χ0v) is 12.1. The molecule has 0 amide bonds. The highest BCUT2D eigenvalue weighted by Crippen LogP contribution is 2.23. The second-order valence-electron chi connectivity index (χ2n) is 5.55. The van der Waals surface area contributed by atoms with Gasteiger partial charge in [0.15, 0.2) is 0 Å². The first-order chi connectivity index (χ1) is 7.36. The standard InChI is InChI=1S/C13H28N2S/c1-11(2)7-10-16-9-6-5-8-13(3,4)12(14)15/h11H,5-10H2,1-4H3,(H3,14,15). The van der Waals surface area contributed by atoms with Gasteiger partial charge < -0.3 is 5.73 Å². The molecule has 0 rings (SSSR count). The Morgan fingerprint density at radius 3 is 2.38 bits per heavy atom. The molecule has 96 valence electrons. The number of hydrogen-bond donors (Lipinski definition) is 2. The molecular formula is C13H28N2S. The molecule has 0 aromatic carbocycles. The summed E-state index contributed by atoms with van der Waals surface area (Å²) < 4.78 is 0. The number of hydrogen-bond acceptors (Lipinski definition) is 2. The van der Waals surface area contributed by atoms with Crippen molar-refractivity contribution < 1.29 is 0 Å². The molecule has 0 saturated carbocycles. The van der Waals surface area contributed by atoms with E-state index in [1.807, 2.05) is 0 Å². The molecule has 0 unspecified atom stereocenters. The van der Waals surface area contributed by atoms with Crippen LogP contribution in [0.2, 0.25) is 0 Å². The van der Waals surface area contributed by atoms with Gasteiger partial charge in [-0.05, 0) is 36.7 Å². The smallest absolute Gasteiger partial charge is 0.0963 e. The van der Waals surface area contributed by atoms with E-state index in [0.29, 0.717) is 5.84 Å². The summed E-state index contributed by atoms with van der Waals surface area (Å²) in [7, 11) is 0. The van der Waals surface area contributed by atoms with E-state index >= 15 is 0 Å². The number of nitrogens with two attached hydrogens (primary N) is 1. The van der Waals surface area contributed by atoms with E-state index in [0.717, 1.165) is 12.3 Å². The Balaban J connectivity index is 3.37. The maximum Gasteiger partial charge on any atom is 0.0963 e. The lowest BCUT2D eigenvalue weighted by atomic mass is 9.86. The molecule has 2 nitrogen and oxygen atoms in total. The molecule has 0 aromatic heterocycles. The number of rotatable bonds is 9. The minimum Gasteiger partial charge on any atom is -0.387 e. The highest BCUT2D eigenvalue weighted by Gasteiger charge is 2.20. The lowest BCUT2D eigenvalue weighted by Gasteiger charge is -2.22. The van der Waals surface area contributed by atoms with E-state index in [1.165, 1.54) is 30.8 Å². The topological polar surface area (TPSA) is 49.9 Å². The highest BCUT2D eigenvalue weighted by molar-refractivity contribution is 7.99. The van der Waals surface area contributed by atoms with Crippen LogP contribution >= 0.6 is 11.8 Å². The molecule has 3 N–H and O–H groups in total. The minimum absolute atomic E-state index is 0.109. The first-order valence-corrected chi connectivity index (χ1v) is 7.44. The largest absolute Gasteiger partial charge is 0.387 e. The second-order valence-corrected chi connectivity index (χ2v) is 6.77. The lowest BCUT2D eigenvalue weighted by Crippen LogP contribution is -2.30. The van der Waals surface area contributed by atoms with Gasteiger partial charge in [0.05, 0.1) is 5.84 Å². The number of nitrogens with one attached hydrogen (secondary N) is 1. The van der Waals surface area contributed by atoms with Crippen molar-refractivity contribution in [1.82, 2.24) is 0 Å². The third-order valence-electron chi connectivity index (χ3n) is 2.91. The van der Waals surface area contributed by atoms with E-state index in [4.69, 9.17) is 11.1 Å². The summed E-state index contributed by atoms with van der Waals surface area (Å²) in [6.45, 7) is 8.66. The average Bonchev–Trinajstić information content (AvgIpc) is 2.15. The summed E-state index contributed by atoms with van der Waals surface area (Å²) in [4.78, 5) is 0. The van der Waals surface area contributed by atoms with Gasteiger partial charge >= 0.3 is 0 Å². The molecular weight excluding hydrogens is 216 g/mol. The molecule has 0 atom stereocenters. The van der Waals surface area contributed by atoms with Crippen LogP contribution in [0, 0.1) is 16.7 Å². The first-order valence-electron chi connectivity index (χ1n) is 6.28. The average molecular weight is 244 g/mol. The van der Waals surface area contributed by atoms with Gasteiger partial charge in [-0.25, -0.2) is 0 Å². The fourth-order valence-electron chi connectivity index (χ4n) is 1.33. The predicted octanol–water partition coefficient (Wildman–Crippen LogP) is 3.90. The van der Waals surface area contributed by atoms with Crippen molar-refractivity contribution in [2.45, 2.75) is 53.4 Å². The van der Waals surface area contributed by atoms with E-state index < -0.39 is 0 Å². The van der Waals surface area contributed by atoms with Crippen LogP contribution in [0.25, 0.3) is 0 Å². The Bertz CT molecular complexity index is 200. The van der Waals surface area contributed by atoms with Crippen molar-refractivity contribution >= 4 is 17.6 Å². The van der Waals surface area contributed by atoms with Crippen LogP contribution in [0.15, 0.2) is 0 Å². The van der Waals surface area contributed by atoms with Crippen LogP contribution in [0.4, 0.5) is 0 Å². The van der Waals surface area contributed by atoms with Crippen molar-refractivity contribution in [3.05, 3.63) is 0 Å². The summed E-state index contributed by atoms with van der Waals surface area (Å²) >= 11 is 2.06. The summed E-state index contributed by atoms with van der Waals surface area (Å²) in [6.07, 6.45) is 4.79. The lowest BCUT2D eigenvalue weighted by molar-refractivity contribution is 0.448. The molecule has 0 aromatic rings. The van der Waals surface area contributed by atoms with Crippen molar-refractivity contribution in [1.29, 1.82) is 5.41 Å². The quantitative estimate of drug-likeness (QED) is 0.367. The van der Waals surface area contributed by atoms with Gasteiger partial charge in [0.25, 0.3) is 0 Å². The maximum atomic E-state index is 7.46. The van der Waals surface area contributed by atoms with E-state index in [2.05, 4.69) is 39.5 Å². The zero-order chi connectivity index (χ0) is 12.6. The van der Waals surface area contributed by atoms with Gasteiger partial charge in [0.1, 0.15) is 0 Å². The van der Waals surface area contributed by atoms with Gasteiger partial charge in [0, 0.05) is 5.41 Å². The van der Waals surface area contributed by atoms with Crippen molar-refractivity contribution in [3.63, 3.8) is 0 Å². The Hall–Kier alpha value is -0.180. The normalized spacial score (nSPS) is 12.1. The molecule has 0 aliphatic rings. The Morgan fingerprint density at radius 1 is 1.25 bits per heavy atom. The van der Waals surface area contributed by atoms with Gasteiger partial charge in [-0.2, -0.15) is 11.8 Å². The van der Waals surface area contributed by atoms with Gasteiger partial charge in [-0.15, -0.1) is 0 Å². The third-order valence-corrected chi connectivity index (χ3v) is 4.01. The second kappa shape index (κ2) is 7.99. The van der Waals surface area contributed by atoms with Crippen molar-refractivity contribution in [2.24, 2.45) is 17.1 Å². The van der Waals surface area contributed by atoms with Gasteiger partial charge in [-0.1, -0.05) is 34.1 Å². The molecule has 3 heteroatoms. The fraction of sp³-hybridized carbons (Fsp3) is 0.923. The summed E-state index contributed by atoms with van der Waals surface area (Å²) in [5, 5.41) is 7.46. The maximum absolute atomic E-state index is 7.46. The monoisotopic (exact) mass is 244 g/mol. The molecule has 0 aliphatic carbocycles. The molecule has 0 radical (unpaired) electrons. The Morgan fingerprint density at radius 2 is 1.88 bits per heavy atom. The molecule has 0 saturated heterocycles. The van der Waals surface area contributed by atoms with E-state index in [-0.39, 0.29) is 5.41 Å². The van der Waals surface area contributed by atoms with Crippen LogP contribution < -0.4 is 5.73 Å². The van der Waals surface area contributed by atoms with Gasteiger partial charge in [0.2, 0.25) is 0 Å². The highest BCUT2D eigenvalue weighted by atomic mass is 32.2. The Kier molecular flexibility index (Phi) is 7.90. The number of amidine groups is 1. The number of unbranched alkanes of at least 4 members (excludes halogenated alkanes) is 1. The van der Waals surface area contributed by atoms with Gasteiger partial charge in [-0.3, -0.25) is 5.41 Å². The summed E-state index contributed by atoms with van der Waals surface area (Å²) in [5.74, 6) is 3.68. The molecule has 0 fully saturated rings.